The van der Waals surface area contributed by atoms with Crippen molar-refractivity contribution >= 4 is 40.5 Å². The highest BCUT2D eigenvalue weighted by Gasteiger charge is 2.11. The van der Waals surface area contributed by atoms with E-state index in [1.54, 1.807) is 20.2 Å². The van der Waals surface area contributed by atoms with E-state index in [1.165, 1.54) is 12.1 Å². The van der Waals surface area contributed by atoms with Crippen molar-refractivity contribution in [3.8, 4) is 0 Å². The lowest BCUT2D eigenvalue weighted by molar-refractivity contribution is 0.178. The Morgan fingerprint density at radius 2 is 1.76 bits per heavy atom. The first-order valence-corrected chi connectivity index (χ1v) is 6.75. The number of hydrogen-bond donors (Lipinski definition) is 2. The average Bonchev–Trinajstić information content (AvgIpc) is 2.43. The summed E-state index contributed by atoms with van der Waals surface area (Å²) in [5, 5.41) is 6.21. The lowest BCUT2D eigenvalue weighted by Crippen LogP contribution is -2.05. The van der Waals surface area contributed by atoms with Crippen LogP contribution < -0.4 is 10.6 Å². The summed E-state index contributed by atoms with van der Waals surface area (Å²) in [5.41, 5.74) is 0.379. The molecule has 0 saturated carbocycles. The first-order chi connectivity index (χ1) is 10.0. The third kappa shape index (κ3) is 3.93. The van der Waals surface area contributed by atoms with Crippen LogP contribution in [0.15, 0.2) is 18.2 Å². The van der Waals surface area contributed by atoms with E-state index in [2.05, 4.69) is 20.6 Å². The molecule has 112 valence electrons. The fraction of sp³-hybridized carbons (Fsp3) is 0.231. The van der Waals surface area contributed by atoms with E-state index >= 15 is 0 Å². The number of ether oxygens (including phenoxy) is 1. The Bertz CT molecular complexity index is 631. The maximum atomic E-state index is 13.2. The van der Waals surface area contributed by atoms with Gasteiger partial charge in [0.05, 0.1) is 15.7 Å². The molecular formula is C13H13Cl2FN4O. The van der Waals surface area contributed by atoms with E-state index < -0.39 is 5.82 Å². The van der Waals surface area contributed by atoms with Crippen molar-refractivity contribution in [2.45, 2.75) is 6.61 Å². The molecule has 2 N–H and O–H groups in total. The standard InChI is InChI=1S/C13H13Cl2FN4O/c1-17-10-5-11(19-12(18-10)6-21-2)20-13-8(14)3-7(16)4-9(13)15/h3-5H,6H2,1-2H3,(H2,17,18,19,20). The molecule has 1 heterocycles. The Morgan fingerprint density at radius 1 is 1.14 bits per heavy atom. The molecule has 0 saturated heterocycles. The second-order valence-corrected chi connectivity index (χ2v) is 4.92. The summed E-state index contributed by atoms with van der Waals surface area (Å²) < 4.78 is 18.2. The van der Waals surface area contributed by atoms with Crippen LogP contribution in [-0.4, -0.2) is 24.1 Å². The van der Waals surface area contributed by atoms with E-state index in [1.807, 2.05) is 0 Å². The van der Waals surface area contributed by atoms with Crippen LogP contribution in [-0.2, 0) is 11.3 Å². The lowest BCUT2D eigenvalue weighted by Gasteiger charge is -2.12. The van der Waals surface area contributed by atoms with Crippen LogP contribution in [0, 0.1) is 5.82 Å². The molecule has 0 aliphatic rings. The Morgan fingerprint density at radius 3 is 2.33 bits per heavy atom. The molecule has 0 unspecified atom stereocenters. The minimum Gasteiger partial charge on any atom is -0.377 e. The van der Waals surface area contributed by atoms with Gasteiger partial charge in [-0.05, 0) is 12.1 Å². The highest BCUT2D eigenvalue weighted by molar-refractivity contribution is 6.39. The number of rotatable bonds is 5. The molecule has 1 aromatic carbocycles. The summed E-state index contributed by atoms with van der Waals surface area (Å²) in [4.78, 5) is 8.50. The van der Waals surface area contributed by atoms with Crippen LogP contribution in [0.3, 0.4) is 0 Å². The molecule has 5 nitrogen and oxygen atoms in total. The molecule has 0 atom stereocenters. The maximum Gasteiger partial charge on any atom is 0.158 e. The third-order valence-electron chi connectivity index (χ3n) is 2.56. The van der Waals surface area contributed by atoms with Crippen LogP contribution in [0.5, 0.6) is 0 Å². The number of aromatic nitrogens is 2. The number of anilines is 3. The highest BCUT2D eigenvalue weighted by atomic mass is 35.5. The molecule has 8 heteroatoms. The van der Waals surface area contributed by atoms with Gasteiger partial charge < -0.3 is 15.4 Å². The topological polar surface area (TPSA) is 59.1 Å². The van der Waals surface area contributed by atoms with Gasteiger partial charge in [-0.3, -0.25) is 0 Å². The van der Waals surface area contributed by atoms with Crippen molar-refractivity contribution in [2.24, 2.45) is 0 Å². The maximum absolute atomic E-state index is 13.2. The molecular weight excluding hydrogens is 318 g/mol. The Hall–Kier alpha value is -1.63. The SMILES string of the molecule is CNc1cc(Nc2c(Cl)cc(F)cc2Cl)nc(COC)n1. The van der Waals surface area contributed by atoms with Crippen molar-refractivity contribution in [1.29, 1.82) is 0 Å². The number of hydrogen-bond acceptors (Lipinski definition) is 5. The van der Waals surface area contributed by atoms with E-state index in [9.17, 15) is 4.39 Å². The predicted molar refractivity (Wildman–Crippen MR) is 82.0 cm³/mol. The monoisotopic (exact) mass is 330 g/mol. The predicted octanol–water partition coefficient (Wildman–Crippen LogP) is 3.85. The molecule has 0 spiro atoms. The molecule has 0 amide bonds. The van der Waals surface area contributed by atoms with Crippen molar-refractivity contribution < 1.29 is 9.13 Å². The second-order valence-electron chi connectivity index (χ2n) is 4.11. The van der Waals surface area contributed by atoms with E-state index in [-0.39, 0.29) is 16.7 Å². The molecule has 2 aromatic rings. The summed E-state index contributed by atoms with van der Waals surface area (Å²) in [6, 6.07) is 4.02. The average molecular weight is 331 g/mol. The molecule has 1 aromatic heterocycles. The van der Waals surface area contributed by atoms with Gasteiger partial charge in [0.1, 0.15) is 24.1 Å². The Labute approximate surface area is 131 Å². The first kappa shape index (κ1) is 15.8. The van der Waals surface area contributed by atoms with Gasteiger partial charge in [0.25, 0.3) is 0 Å². The fourth-order valence-corrected chi connectivity index (χ4v) is 2.23. The fourth-order valence-electron chi connectivity index (χ4n) is 1.67. The molecule has 0 aliphatic carbocycles. The molecule has 2 rings (SSSR count). The molecule has 0 aliphatic heterocycles. The van der Waals surface area contributed by atoms with Crippen LogP contribution in [0.25, 0.3) is 0 Å². The normalized spacial score (nSPS) is 10.5. The minimum atomic E-state index is -0.505. The number of benzene rings is 1. The number of halogens is 3. The minimum absolute atomic E-state index is 0.165. The van der Waals surface area contributed by atoms with Crippen molar-refractivity contribution in [2.75, 3.05) is 24.8 Å². The number of nitrogens with zero attached hydrogens (tertiary/aromatic N) is 2. The second kappa shape index (κ2) is 6.89. The van der Waals surface area contributed by atoms with Crippen LogP contribution >= 0.6 is 23.2 Å². The van der Waals surface area contributed by atoms with Gasteiger partial charge in [-0.25, -0.2) is 14.4 Å². The first-order valence-electron chi connectivity index (χ1n) is 5.99. The molecule has 0 radical (unpaired) electrons. The van der Waals surface area contributed by atoms with Crippen molar-refractivity contribution in [3.63, 3.8) is 0 Å². The van der Waals surface area contributed by atoms with Gasteiger partial charge in [0.15, 0.2) is 5.82 Å². The van der Waals surface area contributed by atoms with Crippen LogP contribution in [0.2, 0.25) is 10.0 Å². The van der Waals surface area contributed by atoms with Gasteiger partial charge in [0.2, 0.25) is 0 Å². The van der Waals surface area contributed by atoms with Gasteiger partial charge >= 0.3 is 0 Å². The largest absolute Gasteiger partial charge is 0.377 e. The van der Waals surface area contributed by atoms with Crippen molar-refractivity contribution in [3.05, 3.63) is 39.9 Å². The summed E-state index contributed by atoms with van der Waals surface area (Å²) in [6.45, 7) is 0.259. The quantitative estimate of drug-likeness (QED) is 0.871. The lowest BCUT2D eigenvalue weighted by atomic mass is 10.3. The Balaban J connectivity index is 2.37. The molecule has 0 fully saturated rings. The van der Waals surface area contributed by atoms with Gasteiger partial charge in [-0.1, -0.05) is 23.2 Å². The smallest absolute Gasteiger partial charge is 0.158 e. The third-order valence-corrected chi connectivity index (χ3v) is 3.16. The highest BCUT2D eigenvalue weighted by Crippen LogP contribution is 2.33. The summed E-state index contributed by atoms with van der Waals surface area (Å²) in [6.07, 6.45) is 0. The Kier molecular flexibility index (Phi) is 5.17. The van der Waals surface area contributed by atoms with Gasteiger partial charge in [-0.2, -0.15) is 0 Å². The zero-order valence-corrected chi connectivity index (χ0v) is 12.9. The van der Waals surface area contributed by atoms with Gasteiger partial charge in [-0.15, -0.1) is 0 Å². The summed E-state index contributed by atoms with van der Waals surface area (Å²) in [7, 11) is 3.29. The van der Waals surface area contributed by atoms with Crippen LogP contribution in [0.1, 0.15) is 5.82 Å². The van der Waals surface area contributed by atoms with Gasteiger partial charge in [0, 0.05) is 20.2 Å². The van der Waals surface area contributed by atoms with E-state index in [4.69, 9.17) is 27.9 Å². The zero-order valence-electron chi connectivity index (χ0n) is 11.4. The number of methoxy groups -OCH3 is 1. The van der Waals surface area contributed by atoms with Crippen LogP contribution in [0.4, 0.5) is 21.7 Å². The molecule has 21 heavy (non-hydrogen) atoms. The summed E-state index contributed by atoms with van der Waals surface area (Å²) >= 11 is 12.0. The molecule has 0 bridgehead atoms. The van der Waals surface area contributed by atoms with E-state index in [0.29, 0.717) is 23.1 Å². The summed E-state index contributed by atoms with van der Waals surface area (Å²) in [5.74, 6) is 1.06. The zero-order chi connectivity index (χ0) is 15.4. The van der Waals surface area contributed by atoms with E-state index in [0.717, 1.165) is 0 Å². The number of nitrogens with one attached hydrogen (secondary N) is 2. The van der Waals surface area contributed by atoms with Crippen molar-refractivity contribution in [1.82, 2.24) is 9.97 Å².